The van der Waals surface area contributed by atoms with Crippen LogP contribution in [0.5, 0.6) is 0 Å². The standard InChI is InChI=1S/C22H33NO3/c1-14(2)23-13-16(20(24)25)18-17(19(23)26-4)15-8-11-22(18,12-15)21(3)9-6-5-7-10-21/h13-15,19H,5-12H2,1-4H3,(H,24,25)/t15?,19-,22+/m1/s1. The molecule has 4 nitrogen and oxygen atoms in total. The zero-order valence-corrected chi connectivity index (χ0v) is 16.7. The van der Waals surface area contributed by atoms with Gasteiger partial charge in [-0.05, 0) is 68.4 Å². The van der Waals surface area contributed by atoms with Crippen LogP contribution in [0.2, 0.25) is 0 Å². The molecule has 3 aliphatic carbocycles. The Morgan fingerprint density at radius 2 is 1.96 bits per heavy atom. The molecule has 3 atom stereocenters. The molecule has 26 heavy (non-hydrogen) atoms. The van der Waals surface area contributed by atoms with Gasteiger partial charge in [-0.15, -0.1) is 0 Å². The van der Waals surface area contributed by atoms with E-state index in [0.29, 0.717) is 11.5 Å². The maximum absolute atomic E-state index is 12.3. The minimum atomic E-state index is -0.774. The Hall–Kier alpha value is -1.29. The van der Waals surface area contributed by atoms with Gasteiger partial charge in [0.1, 0.15) is 0 Å². The van der Waals surface area contributed by atoms with Gasteiger partial charge in [-0.25, -0.2) is 4.79 Å². The molecule has 4 heteroatoms. The van der Waals surface area contributed by atoms with Crippen molar-refractivity contribution in [3.8, 4) is 0 Å². The molecule has 1 unspecified atom stereocenters. The van der Waals surface area contributed by atoms with Gasteiger partial charge in [0.05, 0.1) is 5.57 Å². The Morgan fingerprint density at radius 1 is 1.27 bits per heavy atom. The van der Waals surface area contributed by atoms with E-state index in [1.54, 1.807) is 7.11 Å². The lowest BCUT2D eigenvalue weighted by Gasteiger charge is -2.52. The largest absolute Gasteiger partial charge is 0.478 e. The van der Waals surface area contributed by atoms with Crippen LogP contribution in [0.1, 0.15) is 72.1 Å². The van der Waals surface area contributed by atoms with Gasteiger partial charge < -0.3 is 14.7 Å². The highest BCUT2D eigenvalue weighted by molar-refractivity contribution is 5.93. The summed E-state index contributed by atoms with van der Waals surface area (Å²) in [5.74, 6) is -0.290. The minimum Gasteiger partial charge on any atom is -0.478 e. The SMILES string of the molecule is CO[C@@H]1C2=C(C(C(=O)O)=CN1C(C)C)[C@]1(C3(C)CCCCC3)CCC2C1. The summed E-state index contributed by atoms with van der Waals surface area (Å²) in [6.45, 7) is 6.67. The van der Waals surface area contributed by atoms with Crippen molar-refractivity contribution in [2.75, 3.05) is 7.11 Å². The molecule has 4 aliphatic rings. The third-order valence-corrected chi connectivity index (χ3v) is 7.97. The quantitative estimate of drug-likeness (QED) is 0.789. The number of aliphatic carboxylic acids is 1. The van der Waals surface area contributed by atoms with E-state index in [2.05, 4.69) is 25.7 Å². The Morgan fingerprint density at radius 3 is 2.54 bits per heavy atom. The molecular formula is C22H33NO3. The van der Waals surface area contributed by atoms with E-state index in [0.717, 1.165) is 18.4 Å². The van der Waals surface area contributed by atoms with Crippen LogP contribution in [0.4, 0.5) is 0 Å². The zero-order chi connectivity index (χ0) is 18.7. The van der Waals surface area contributed by atoms with E-state index in [1.165, 1.54) is 44.1 Å². The summed E-state index contributed by atoms with van der Waals surface area (Å²) < 4.78 is 5.96. The van der Waals surface area contributed by atoms with E-state index in [1.807, 2.05) is 6.20 Å². The lowest BCUT2D eigenvalue weighted by Crippen LogP contribution is -2.47. The second-order valence-corrected chi connectivity index (χ2v) is 9.45. The predicted molar refractivity (Wildman–Crippen MR) is 101 cm³/mol. The number of ether oxygens (including phenoxy) is 1. The summed E-state index contributed by atoms with van der Waals surface area (Å²) in [7, 11) is 1.77. The molecule has 144 valence electrons. The number of fused-ring (bicyclic) bond motifs is 4. The number of rotatable bonds is 4. The zero-order valence-electron chi connectivity index (χ0n) is 16.7. The maximum atomic E-state index is 12.3. The Kier molecular flexibility index (Phi) is 4.26. The van der Waals surface area contributed by atoms with Gasteiger partial charge >= 0.3 is 5.97 Å². The van der Waals surface area contributed by atoms with Gasteiger partial charge in [0.2, 0.25) is 0 Å². The first kappa shape index (κ1) is 18.1. The lowest BCUT2D eigenvalue weighted by atomic mass is 9.53. The highest BCUT2D eigenvalue weighted by Gasteiger charge is 2.62. The predicted octanol–water partition coefficient (Wildman–Crippen LogP) is 4.72. The molecule has 2 saturated carbocycles. The molecule has 0 aromatic carbocycles. The van der Waals surface area contributed by atoms with Crippen molar-refractivity contribution in [3.05, 3.63) is 22.9 Å². The molecule has 2 fully saturated rings. The fourth-order valence-electron chi connectivity index (χ4n) is 6.69. The van der Waals surface area contributed by atoms with Crippen LogP contribution in [0.3, 0.4) is 0 Å². The summed E-state index contributed by atoms with van der Waals surface area (Å²) in [4.78, 5) is 14.4. The first-order valence-corrected chi connectivity index (χ1v) is 10.3. The fourth-order valence-corrected chi connectivity index (χ4v) is 6.69. The van der Waals surface area contributed by atoms with Crippen LogP contribution in [0, 0.1) is 16.7 Å². The number of carbonyl (C=O) groups is 1. The molecule has 0 amide bonds. The van der Waals surface area contributed by atoms with Gasteiger partial charge in [0.25, 0.3) is 0 Å². The fraction of sp³-hybridized carbons (Fsp3) is 0.773. The smallest absolute Gasteiger partial charge is 0.337 e. The summed E-state index contributed by atoms with van der Waals surface area (Å²) in [5.41, 5.74) is 3.26. The van der Waals surface area contributed by atoms with Crippen LogP contribution in [-0.4, -0.2) is 35.4 Å². The molecule has 0 aromatic heterocycles. The van der Waals surface area contributed by atoms with Crippen molar-refractivity contribution < 1.29 is 14.6 Å². The van der Waals surface area contributed by atoms with Crippen molar-refractivity contribution in [2.24, 2.45) is 16.7 Å². The van der Waals surface area contributed by atoms with Crippen molar-refractivity contribution in [1.29, 1.82) is 0 Å². The first-order chi connectivity index (χ1) is 12.3. The summed E-state index contributed by atoms with van der Waals surface area (Å²) in [5, 5.41) is 10.1. The molecular weight excluding hydrogens is 326 g/mol. The van der Waals surface area contributed by atoms with E-state index >= 15 is 0 Å². The average Bonchev–Trinajstić information content (AvgIpc) is 3.20. The number of methoxy groups -OCH3 is 1. The molecule has 0 aromatic rings. The molecule has 0 spiro atoms. The second kappa shape index (κ2) is 6.12. The van der Waals surface area contributed by atoms with Crippen molar-refractivity contribution in [1.82, 2.24) is 4.90 Å². The monoisotopic (exact) mass is 359 g/mol. The number of nitrogens with zero attached hydrogens (tertiary/aromatic N) is 1. The number of carboxylic acid groups (broad SMARTS) is 1. The van der Waals surface area contributed by atoms with Gasteiger partial charge in [0.15, 0.2) is 6.23 Å². The summed E-state index contributed by atoms with van der Waals surface area (Å²) in [6, 6.07) is 0.212. The Labute approximate surface area is 157 Å². The van der Waals surface area contributed by atoms with Crippen LogP contribution >= 0.6 is 0 Å². The molecule has 0 radical (unpaired) electrons. The van der Waals surface area contributed by atoms with Crippen molar-refractivity contribution in [3.63, 3.8) is 0 Å². The van der Waals surface area contributed by atoms with E-state index in [4.69, 9.17) is 4.74 Å². The normalized spacial score (nSPS) is 35.7. The van der Waals surface area contributed by atoms with Gasteiger partial charge in [-0.1, -0.05) is 26.2 Å². The Bertz CT molecular complexity index is 671. The van der Waals surface area contributed by atoms with Crippen LogP contribution in [0.15, 0.2) is 22.9 Å². The van der Waals surface area contributed by atoms with E-state index < -0.39 is 5.97 Å². The van der Waals surface area contributed by atoms with E-state index in [9.17, 15) is 9.90 Å². The van der Waals surface area contributed by atoms with Crippen LogP contribution in [-0.2, 0) is 9.53 Å². The van der Waals surface area contributed by atoms with Crippen LogP contribution in [0.25, 0.3) is 0 Å². The van der Waals surface area contributed by atoms with Gasteiger partial charge in [-0.2, -0.15) is 0 Å². The van der Waals surface area contributed by atoms with Gasteiger partial charge in [-0.3, -0.25) is 0 Å². The average molecular weight is 360 g/mol. The lowest BCUT2D eigenvalue weighted by molar-refractivity contribution is -0.133. The Balaban J connectivity index is 1.88. The molecule has 1 aliphatic heterocycles. The van der Waals surface area contributed by atoms with Crippen LogP contribution < -0.4 is 0 Å². The number of hydrogen-bond acceptors (Lipinski definition) is 3. The first-order valence-electron chi connectivity index (χ1n) is 10.3. The summed E-state index contributed by atoms with van der Waals surface area (Å²) in [6.07, 6.45) is 11.6. The van der Waals surface area contributed by atoms with Crippen molar-refractivity contribution in [2.45, 2.75) is 84.4 Å². The highest BCUT2D eigenvalue weighted by Crippen LogP contribution is 2.70. The molecule has 1 N–H and O–H groups in total. The summed E-state index contributed by atoms with van der Waals surface area (Å²) >= 11 is 0. The molecule has 0 saturated heterocycles. The number of carboxylic acids is 1. The topological polar surface area (TPSA) is 49.8 Å². The second-order valence-electron chi connectivity index (χ2n) is 9.45. The van der Waals surface area contributed by atoms with Gasteiger partial charge in [0, 0.05) is 24.8 Å². The third-order valence-electron chi connectivity index (χ3n) is 7.97. The molecule has 1 heterocycles. The molecule has 4 rings (SSSR count). The maximum Gasteiger partial charge on any atom is 0.337 e. The van der Waals surface area contributed by atoms with E-state index in [-0.39, 0.29) is 23.1 Å². The molecule has 2 bridgehead atoms. The highest BCUT2D eigenvalue weighted by atomic mass is 16.5. The number of hydrogen-bond donors (Lipinski definition) is 1. The minimum absolute atomic E-state index is 0.0392. The van der Waals surface area contributed by atoms with Crippen molar-refractivity contribution >= 4 is 5.97 Å². The third kappa shape index (κ3) is 2.27.